The number of hydrogen-bond acceptors (Lipinski definition) is 8. The summed E-state index contributed by atoms with van der Waals surface area (Å²) in [6, 6.07) is 0.644. The Labute approximate surface area is 169 Å². The maximum atomic E-state index is 12.3. The second-order valence-corrected chi connectivity index (χ2v) is 9.56. The van der Waals surface area contributed by atoms with Crippen LogP contribution in [0.4, 0.5) is 10.5 Å². The van der Waals surface area contributed by atoms with Gasteiger partial charge in [0.25, 0.3) is 15.8 Å². The lowest BCUT2D eigenvalue weighted by Crippen LogP contribution is -2.50. The number of nitro groups is 1. The molecule has 0 bridgehead atoms. The van der Waals surface area contributed by atoms with Crippen molar-refractivity contribution in [2.24, 2.45) is 5.92 Å². The molecule has 1 heterocycles. The summed E-state index contributed by atoms with van der Waals surface area (Å²) in [6.07, 6.45) is 3.76. The zero-order chi connectivity index (χ0) is 22.0. The van der Waals surface area contributed by atoms with E-state index in [-0.39, 0.29) is 11.6 Å². The van der Waals surface area contributed by atoms with Crippen molar-refractivity contribution in [1.82, 2.24) is 10.3 Å². The van der Waals surface area contributed by atoms with Gasteiger partial charge in [0.2, 0.25) is 0 Å². The van der Waals surface area contributed by atoms with Gasteiger partial charge in [0, 0.05) is 6.20 Å². The van der Waals surface area contributed by atoms with Crippen LogP contribution in [0.2, 0.25) is 0 Å². The third-order valence-electron chi connectivity index (χ3n) is 4.15. The van der Waals surface area contributed by atoms with Gasteiger partial charge in [-0.25, -0.2) is 4.79 Å². The van der Waals surface area contributed by atoms with Crippen molar-refractivity contribution in [3.05, 3.63) is 40.2 Å². The fourth-order valence-corrected chi connectivity index (χ4v) is 3.84. The molecule has 0 saturated heterocycles. The van der Waals surface area contributed by atoms with Crippen molar-refractivity contribution in [3.63, 3.8) is 0 Å². The number of carbonyl (C=O) groups excluding carboxylic acids is 1. The molecule has 160 valence electrons. The van der Waals surface area contributed by atoms with E-state index in [1.807, 2.05) is 0 Å². The van der Waals surface area contributed by atoms with Crippen LogP contribution in [0.3, 0.4) is 0 Å². The molecule has 3 atom stereocenters. The fourth-order valence-electron chi connectivity index (χ4n) is 3.12. The molecule has 1 aliphatic rings. The summed E-state index contributed by atoms with van der Waals surface area (Å²) in [4.78, 5) is 26.9. The number of pyridine rings is 1. The van der Waals surface area contributed by atoms with Crippen molar-refractivity contribution in [2.45, 2.75) is 51.9 Å². The maximum Gasteiger partial charge on any atom is 0.408 e. The third kappa shape index (κ3) is 6.50. The van der Waals surface area contributed by atoms with Crippen LogP contribution in [0, 0.1) is 16.0 Å². The molecule has 1 aromatic rings. The van der Waals surface area contributed by atoms with E-state index in [0.717, 1.165) is 12.5 Å². The molecule has 1 amide bonds. The summed E-state index contributed by atoms with van der Waals surface area (Å²) in [5.74, 6) is -0.363. The van der Waals surface area contributed by atoms with Crippen LogP contribution in [0.5, 0.6) is 0 Å². The molecule has 0 saturated carbocycles. The van der Waals surface area contributed by atoms with Crippen LogP contribution in [0.1, 0.15) is 39.7 Å². The number of ether oxygens (including phenoxy) is 1. The second kappa shape index (κ2) is 8.46. The molecule has 0 fully saturated rings. The number of alkyl carbamates (subject to hydrolysis) is 1. The number of allylic oxidation sites excluding steroid dienone is 1. The third-order valence-corrected chi connectivity index (χ3v) is 4.72. The van der Waals surface area contributed by atoms with E-state index in [1.54, 1.807) is 33.8 Å². The van der Waals surface area contributed by atoms with Crippen LogP contribution in [-0.2, 0) is 19.0 Å². The fraction of sp³-hybridized carbons (Fsp3) is 0.556. The zero-order valence-electron chi connectivity index (χ0n) is 16.9. The average molecular weight is 427 g/mol. The minimum absolute atomic E-state index is 0.176. The summed E-state index contributed by atoms with van der Waals surface area (Å²) >= 11 is 0. The van der Waals surface area contributed by atoms with Crippen molar-refractivity contribution in [3.8, 4) is 0 Å². The van der Waals surface area contributed by atoms with E-state index in [1.165, 1.54) is 12.3 Å². The molecule has 0 unspecified atom stereocenters. The SMILES string of the molecule is C[C@@H]1CC(c2ccncc2[N+](=O)[O-])=C[C@H](NC(=O)OC(C)(C)C)[C@H]1OS(C)(=O)=O. The lowest BCUT2D eigenvalue weighted by molar-refractivity contribution is -0.385. The highest BCUT2D eigenvalue weighted by atomic mass is 32.2. The highest BCUT2D eigenvalue weighted by Gasteiger charge is 2.37. The molecule has 1 aromatic heterocycles. The minimum Gasteiger partial charge on any atom is -0.444 e. The molecule has 0 radical (unpaired) electrons. The lowest BCUT2D eigenvalue weighted by atomic mass is 9.82. The van der Waals surface area contributed by atoms with Crippen molar-refractivity contribution >= 4 is 27.5 Å². The summed E-state index contributed by atoms with van der Waals surface area (Å²) in [5.41, 5.74) is 0.00431. The first kappa shape index (κ1) is 22.8. The van der Waals surface area contributed by atoms with Gasteiger partial charge in [0.1, 0.15) is 17.9 Å². The normalized spacial score (nSPS) is 22.5. The zero-order valence-corrected chi connectivity index (χ0v) is 17.7. The molecule has 2 rings (SSSR count). The number of hydrogen-bond donors (Lipinski definition) is 1. The predicted octanol–water partition coefficient (Wildman–Crippen LogP) is 2.65. The Kier molecular flexibility index (Phi) is 6.63. The molecular weight excluding hydrogens is 402 g/mol. The smallest absolute Gasteiger partial charge is 0.408 e. The molecule has 1 aliphatic carbocycles. The van der Waals surface area contributed by atoms with Crippen molar-refractivity contribution < 1.29 is 27.1 Å². The Morgan fingerprint density at radius 3 is 2.59 bits per heavy atom. The van der Waals surface area contributed by atoms with Gasteiger partial charge in [-0.1, -0.05) is 13.0 Å². The molecule has 0 spiro atoms. The molecule has 11 heteroatoms. The molecule has 0 aromatic carbocycles. The standard InChI is InChI=1S/C18H25N3O7S/c1-11-8-12(13-6-7-19-10-15(13)21(23)24)9-14(16(11)28-29(5,25)26)20-17(22)27-18(2,3)4/h6-7,9-11,14,16H,8H2,1-5H3,(H,20,22)/t11-,14+,16+/m1/s1. The topological polar surface area (TPSA) is 138 Å². The Morgan fingerprint density at radius 2 is 2.03 bits per heavy atom. The average Bonchev–Trinajstić information content (AvgIpc) is 2.55. The van der Waals surface area contributed by atoms with Crippen LogP contribution in [0.25, 0.3) is 5.57 Å². The Morgan fingerprint density at radius 1 is 1.38 bits per heavy atom. The molecule has 10 nitrogen and oxygen atoms in total. The number of rotatable bonds is 5. The first-order valence-electron chi connectivity index (χ1n) is 8.94. The van der Waals surface area contributed by atoms with Crippen LogP contribution >= 0.6 is 0 Å². The van der Waals surface area contributed by atoms with Gasteiger partial charge >= 0.3 is 6.09 Å². The number of nitrogens with one attached hydrogen (secondary N) is 1. The molecule has 29 heavy (non-hydrogen) atoms. The Hall–Kier alpha value is -2.53. The van der Waals surface area contributed by atoms with E-state index in [4.69, 9.17) is 8.92 Å². The number of amides is 1. The van der Waals surface area contributed by atoms with Gasteiger partial charge in [0.05, 0.1) is 22.8 Å². The second-order valence-electron chi connectivity index (χ2n) is 7.96. The van der Waals surface area contributed by atoms with E-state index < -0.39 is 38.9 Å². The van der Waals surface area contributed by atoms with Crippen LogP contribution < -0.4 is 5.32 Å². The van der Waals surface area contributed by atoms with E-state index >= 15 is 0 Å². The highest BCUT2D eigenvalue weighted by molar-refractivity contribution is 7.86. The summed E-state index contributed by atoms with van der Waals surface area (Å²) in [6.45, 7) is 6.84. The first-order chi connectivity index (χ1) is 13.3. The van der Waals surface area contributed by atoms with Gasteiger partial charge in [-0.2, -0.15) is 8.42 Å². The van der Waals surface area contributed by atoms with E-state index in [9.17, 15) is 23.3 Å². The monoisotopic (exact) mass is 427 g/mol. The highest BCUT2D eigenvalue weighted by Crippen LogP contribution is 2.36. The Balaban J connectivity index is 2.44. The summed E-state index contributed by atoms with van der Waals surface area (Å²) in [7, 11) is -3.80. The maximum absolute atomic E-state index is 12.3. The van der Waals surface area contributed by atoms with Crippen molar-refractivity contribution in [1.29, 1.82) is 0 Å². The van der Waals surface area contributed by atoms with Gasteiger partial charge < -0.3 is 10.1 Å². The van der Waals surface area contributed by atoms with Gasteiger partial charge in [0.15, 0.2) is 0 Å². The van der Waals surface area contributed by atoms with Crippen molar-refractivity contribution in [2.75, 3.05) is 6.26 Å². The van der Waals surface area contributed by atoms with Gasteiger partial charge in [-0.3, -0.25) is 19.3 Å². The predicted molar refractivity (Wildman–Crippen MR) is 106 cm³/mol. The summed E-state index contributed by atoms with van der Waals surface area (Å²) in [5, 5.41) is 14.0. The van der Waals surface area contributed by atoms with E-state index in [0.29, 0.717) is 17.6 Å². The number of nitrogens with zero attached hydrogens (tertiary/aromatic N) is 2. The quantitative estimate of drug-likeness (QED) is 0.430. The van der Waals surface area contributed by atoms with Crippen LogP contribution in [0.15, 0.2) is 24.5 Å². The number of aromatic nitrogens is 1. The first-order valence-corrected chi connectivity index (χ1v) is 10.8. The summed E-state index contributed by atoms with van der Waals surface area (Å²) < 4.78 is 33.9. The molecule has 0 aliphatic heterocycles. The van der Waals surface area contributed by atoms with Gasteiger partial charge in [-0.15, -0.1) is 0 Å². The lowest BCUT2D eigenvalue weighted by Gasteiger charge is -2.35. The Bertz CT molecular complexity index is 922. The minimum atomic E-state index is -3.80. The molecular formula is C18H25N3O7S. The largest absolute Gasteiger partial charge is 0.444 e. The van der Waals surface area contributed by atoms with Crippen LogP contribution in [-0.4, -0.2) is 48.4 Å². The van der Waals surface area contributed by atoms with E-state index in [2.05, 4.69) is 10.3 Å². The van der Waals surface area contributed by atoms with Gasteiger partial charge in [-0.05, 0) is 44.7 Å². The molecule has 1 N–H and O–H groups in total. The number of carbonyl (C=O) groups is 1.